The zero-order valence-electron chi connectivity index (χ0n) is 22.7. The van der Waals surface area contributed by atoms with E-state index in [4.69, 9.17) is 11.2 Å². The lowest BCUT2D eigenvalue weighted by Crippen LogP contribution is -2.54. The van der Waals surface area contributed by atoms with Crippen LogP contribution in [0.5, 0.6) is 0 Å². The minimum absolute atomic E-state index is 0.249. The summed E-state index contributed by atoms with van der Waals surface area (Å²) in [5.74, 6) is 1.58. The highest BCUT2D eigenvalue weighted by Crippen LogP contribution is 2.24. The van der Waals surface area contributed by atoms with Crippen molar-refractivity contribution >= 4 is 17.9 Å². The van der Waals surface area contributed by atoms with E-state index < -0.39 is 36.3 Å². The van der Waals surface area contributed by atoms with Crippen LogP contribution in [-0.4, -0.2) is 52.7 Å². The number of amides is 3. The molecular weight excluding hydrogens is 482 g/mol. The number of hydrogen-bond donors (Lipinski definition) is 3. The lowest BCUT2D eigenvalue weighted by atomic mass is 10.0. The number of ether oxygens (including phenoxy) is 1. The molecule has 2 rings (SSSR count). The molecule has 204 valence electrons. The van der Waals surface area contributed by atoms with Gasteiger partial charge in [0.2, 0.25) is 11.8 Å². The minimum Gasteiger partial charge on any atom is -0.444 e. The lowest BCUT2D eigenvalue weighted by molar-refractivity contribution is -0.143. The van der Waals surface area contributed by atoms with Crippen LogP contribution in [0.4, 0.5) is 4.79 Å². The molecule has 2 aromatic rings. The molecule has 8 heteroatoms. The zero-order valence-corrected chi connectivity index (χ0v) is 22.7. The van der Waals surface area contributed by atoms with E-state index in [0.717, 1.165) is 18.4 Å². The van der Waals surface area contributed by atoms with Crippen LogP contribution in [0.3, 0.4) is 0 Å². The van der Waals surface area contributed by atoms with E-state index in [1.807, 2.05) is 37.3 Å². The van der Waals surface area contributed by atoms with Gasteiger partial charge in [0.1, 0.15) is 17.7 Å². The number of benzene rings is 2. The summed E-state index contributed by atoms with van der Waals surface area (Å²) in [6, 6.07) is 14.0. The molecule has 0 fully saturated rings. The van der Waals surface area contributed by atoms with E-state index in [0.29, 0.717) is 17.5 Å². The molecule has 0 spiro atoms. The number of hydrogen-bond acceptors (Lipinski definition) is 5. The molecular formula is C30H39N3O5. The van der Waals surface area contributed by atoms with Gasteiger partial charge in [-0.2, -0.15) is 0 Å². The molecule has 0 aliphatic heterocycles. The molecule has 2 unspecified atom stereocenters. The predicted octanol–water partition coefficient (Wildman–Crippen LogP) is 3.93. The van der Waals surface area contributed by atoms with Crippen molar-refractivity contribution < 1.29 is 24.2 Å². The Morgan fingerprint density at radius 3 is 2.26 bits per heavy atom. The zero-order chi connectivity index (χ0) is 28.1. The van der Waals surface area contributed by atoms with E-state index in [2.05, 4.69) is 16.6 Å². The Bertz CT molecular complexity index is 1090. The Morgan fingerprint density at radius 2 is 1.71 bits per heavy atom. The van der Waals surface area contributed by atoms with Crippen molar-refractivity contribution in [2.45, 2.75) is 71.2 Å². The first-order valence-electron chi connectivity index (χ1n) is 12.9. The third-order valence-electron chi connectivity index (χ3n) is 5.72. The van der Waals surface area contributed by atoms with Crippen molar-refractivity contribution in [1.29, 1.82) is 0 Å². The molecule has 0 aliphatic carbocycles. The van der Waals surface area contributed by atoms with Crippen molar-refractivity contribution in [2.24, 2.45) is 0 Å². The van der Waals surface area contributed by atoms with Crippen molar-refractivity contribution in [3.8, 4) is 12.3 Å². The van der Waals surface area contributed by atoms with E-state index in [1.54, 1.807) is 45.0 Å². The summed E-state index contributed by atoms with van der Waals surface area (Å²) in [5, 5.41) is 15.4. The number of carbonyl (C=O) groups is 3. The fourth-order valence-corrected chi connectivity index (χ4v) is 3.85. The second kappa shape index (κ2) is 14.8. The first-order chi connectivity index (χ1) is 18.1. The molecule has 0 aromatic heterocycles. The standard InChI is InChI=1S/C30H39N3O5/c1-6-8-12-19-33(28(36)25(21-34)32-29(37)38-30(3,4)5)26(24-17-15-22(7-2)16-18-24)27(35)31-20-23-13-10-9-11-14-23/h2,9-11,13-18,25-26,34H,6,8,12,19-21H2,1,3-5H3,(H,31,35)(H,32,37). The average molecular weight is 522 g/mol. The van der Waals surface area contributed by atoms with Crippen LogP contribution in [0.2, 0.25) is 0 Å². The minimum atomic E-state index is -1.29. The van der Waals surface area contributed by atoms with Crippen LogP contribution in [0.1, 0.15) is 69.7 Å². The summed E-state index contributed by atoms with van der Waals surface area (Å²) in [6.45, 7) is 7.01. The fraction of sp³-hybridized carbons (Fsp3) is 0.433. The average Bonchev–Trinajstić information content (AvgIpc) is 2.89. The highest BCUT2D eigenvalue weighted by atomic mass is 16.6. The molecule has 2 atom stereocenters. The second-order valence-corrected chi connectivity index (χ2v) is 9.99. The van der Waals surface area contributed by atoms with Gasteiger partial charge in [0.25, 0.3) is 0 Å². The molecule has 0 bridgehead atoms. The molecule has 0 saturated heterocycles. The number of nitrogens with zero attached hydrogens (tertiary/aromatic N) is 1. The van der Waals surface area contributed by atoms with Gasteiger partial charge < -0.3 is 25.4 Å². The largest absolute Gasteiger partial charge is 0.444 e. The Kier molecular flexibility index (Phi) is 11.8. The maximum absolute atomic E-state index is 13.8. The van der Waals surface area contributed by atoms with Gasteiger partial charge in [-0.15, -0.1) is 6.42 Å². The van der Waals surface area contributed by atoms with Crippen LogP contribution in [-0.2, 0) is 20.9 Å². The number of terminal acetylenes is 1. The van der Waals surface area contributed by atoms with Gasteiger partial charge in [0, 0.05) is 18.7 Å². The monoisotopic (exact) mass is 521 g/mol. The van der Waals surface area contributed by atoms with Crippen LogP contribution < -0.4 is 10.6 Å². The van der Waals surface area contributed by atoms with Crippen LogP contribution in [0, 0.1) is 12.3 Å². The van der Waals surface area contributed by atoms with Crippen LogP contribution in [0.25, 0.3) is 0 Å². The number of nitrogens with one attached hydrogen (secondary N) is 2. The SMILES string of the molecule is C#Cc1ccc(C(C(=O)NCc2ccccc2)N(CCCCC)C(=O)C(CO)NC(=O)OC(C)(C)C)cc1. The topological polar surface area (TPSA) is 108 Å². The molecule has 0 saturated carbocycles. The van der Waals surface area contributed by atoms with E-state index in [9.17, 15) is 19.5 Å². The molecule has 8 nitrogen and oxygen atoms in total. The van der Waals surface area contributed by atoms with Gasteiger partial charge in [-0.3, -0.25) is 9.59 Å². The Balaban J connectivity index is 2.42. The van der Waals surface area contributed by atoms with E-state index in [-0.39, 0.29) is 19.0 Å². The first kappa shape index (κ1) is 30.4. The number of unbranched alkanes of at least 4 members (excludes halogenated alkanes) is 2. The van der Waals surface area contributed by atoms with Gasteiger partial charge in [-0.05, 0) is 50.5 Å². The van der Waals surface area contributed by atoms with Crippen molar-refractivity contribution in [3.05, 3.63) is 71.3 Å². The second-order valence-electron chi connectivity index (χ2n) is 9.99. The van der Waals surface area contributed by atoms with Gasteiger partial charge in [0.05, 0.1) is 6.61 Å². The highest BCUT2D eigenvalue weighted by Gasteiger charge is 2.35. The summed E-state index contributed by atoms with van der Waals surface area (Å²) >= 11 is 0. The van der Waals surface area contributed by atoms with Gasteiger partial charge in [0.15, 0.2) is 0 Å². The summed E-state index contributed by atoms with van der Waals surface area (Å²) in [6.07, 6.45) is 7.06. The van der Waals surface area contributed by atoms with Gasteiger partial charge >= 0.3 is 6.09 Å². The lowest BCUT2D eigenvalue weighted by Gasteiger charge is -2.34. The Hall–Kier alpha value is -3.83. The molecule has 3 N–H and O–H groups in total. The summed E-state index contributed by atoms with van der Waals surface area (Å²) in [7, 11) is 0. The Labute approximate surface area is 225 Å². The van der Waals surface area contributed by atoms with Gasteiger partial charge in [-0.1, -0.05) is 68.2 Å². The normalized spacial score (nSPS) is 12.5. The van der Waals surface area contributed by atoms with Crippen molar-refractivity contribution in [1.82, 2.24) is 15.5 Å². The number of carbonyl (C=O) groups excluding carboxylic acids is 3. The van der Waals surface area contributed by atoms with Crippen LogP contribution in [0.15, 0.2) is 54.6 Å². The van der Waals surface area contributed by atoms with Gasteiger partial charge in [-0.25, -0.2) is 4.79 Å². The number of alkyl carbamates (subject to hydrolysis) is 1. The van der Waals surface area contributed by atoms with E-state index >= 15 is 0 Å². The number of aliphatic hydroxyl groups is 1. The molecule has 38 heavy (non-hydrogen) atoms. The van der Waals surface area contributed by atoms with Crippen LogP contribution >= 0.6 is 0 Å². The predicted molar refractivity (Wildman–Crippen MR) is 147 cm³/mol. The number of aliphatic hydroxyl groups excluding tert-OH is 1. The van der Waals surface area contributed by atoms with Crippen molar-refractivity contribution in [2.75, 3.05) is 13.2 Å². The summed E-state index contributed by atoms with van der Waals surface area (Å²) in [4.78, 5) is 41.2. The summed E-state index contributed by atoms with van der Waals surface area (Å²) in [5.41, 5.74) is 1.33. The molecule has 0 heterocycles. The first-order valence-corrected chi connectivity index (χ1v) is 12.9. The highest BCUT2D eigenvalue weighted by molar-refractivity contribution is 5.92. The fourth-order valence-electron chi connectivity index (χ4n) is 3.85. The third kappa shape index (κ3) is 9.56. The quantitative estimate of drug-likeness (QED) is 0.290. The van der Waals surface area contributed by atoms with Crippen molar-refractivity contribution in [3.63, 3.8) is 0 Å². The number of rotatable bonds is 12. The molecule has 2 aromatic carbocycles. The Morgan fingerprint density at radius 1 is 1.05 bits per heavy atom. The molecule has 0 radical (unpaired) electrons. The maximum Gasteiger partial charge on any atom is 0.408 e. The smallest absolute Gasteiger partial charge is 0.408 e. The molecule has 3 amide bonds. The third-order valence-corrected chi connectivity index (χ3v) is 5.72. The summed E-state index contributed by atoms with van der Waals surface area (Å²) < 4.78 is 5.27. The van der Waals surface area contributed by atoms with E-state index in [1.165, 1.54) is 4.90 Å². The maximum atomic E-state index is 13.8. The molecule has 0 aliphatic rings.